The Labute approximate surface area is 203 Å². The van der Waals surface area contributed by atoms with Gasteiger partial charge in [-0.2, -0.15) is 0 Å². The van der Waals surface area contributed by atoms with Crippen molar-refractivity contribution in [2.45, 2.75) is 13.5 Å². The highest BCUT2D eigenvalue weighted by Gasteiger charge is 2.23. The van der Waals surface area contributed by atoms with Gasteiger partial charge in [-0.15, -0.1) is 24.8 Å². The van der Waals surface area contributed by atoms with Crippen LogP contribution in [0.2, 0.25) is 10.0 Å². The van der Waals surface area contributed by atoms with Crippen molar-refractivity contribution in [2.75, 3.05) is 26.2 Å². The van der Waals surface area contributed by atoms with E-state index in [9.17, 15) is 4.79 Å². The first-order valence-corrected chi connectivity index (χ1v) is 10.3. The van der Waals surface area contributed by atoms with E-state index in [-0.39, 0.29) is 37.3 Å². The number of nitrogens with zero attached hydrogens (tertiary/aromatic N) is 2. The lowest BCUT2D eigenvalue weighted by atomic mass is 10.1. The van der Waals surface area contributed by atoms with Crippen molar-refractivity contribution < 1.29 is 9.53 Å². The van der Waals surface area contributed by atoms with E-state index in [0.29, 0.717) is 40.0 Å². The predicted octanol–water partition coefficient (Wildman–Crippen LogP) is 5.32. The van der Waals surface area contributed by atoms with Crippen LogP contribution in [0.3, 0.4) is 0 Å². The number of ether oxygens (including phenoxy) is 1. The van der Waals surface area contributed by atoms with Crippen molar-refractivity contribution >= 4 is 64.8 Å². The van der Waals surface area contributed by atoms with E-state index >= 15 is 0 Å². The summed E-state index contributed by atoms with van der Waals surface area (Å²) in [4.78, 5) is 19.3. The average Bonchev–Trinajstić information content (AvgIpc) is 2.74. The van der Waals surface area contributed by atoms with Crippen LogP contribution in [0.1, 0.15) is 21.6 Å². The van der Waals surface area contributed by atoms with Crippen LogP contribution in [0.15, 0.2) is 42.5 Å². The normalized spacial score (nSPS) is 13.3. The second kappa shape index (κ2) is 11.2. The monoisotopic (exact) mass is 501 g/mol. The molecule has 1 fully saturated rings. The molecule has 1 aliphatic heterocycles. The van der Waals surface area contributed by atoms with Crippen LogP contribution in [-0.2, 0) is 6.61 Å². The Morgan fingerprint density at radius 1 is 1.10 bits per heavy atom. The summed E-state index contributed by atoms with van der Waals surface area (Å²) in [5.41, 5.74) is 2.74. The third-order valence-corrected chi connectivity index (χ3v) is 5.80. The van der Waals surface area contributed by atoms with Gasteiger partial charge in [0.15, 0.2) is 0 Å². The summed E-state index contributed by atoms with van der Waals surface area (Å²) in [5, 5.41) is 5.04. The van der Waals surface area contributed by atoms with Crippen LogP contribution in [-0.4, -0.2) is 42.0 Å². The summed E-state index contributed by atoms with van der Waals surface area (Å²) < 4.78 is 6.04. The summed E-state index contributed by atoms with van der Waals surface area (Å²) in [5.74, 6) is 0.564. The molecular formula is C22H23Cl4N3O2. The minimum absolute atomic E-state index is 0. The fraction of sp³-hybridized carbons (Fsp3) is 0.273. The van der Waals surface area contributed by atoms with Crippen LogP contribution < -0.4 is 10.1 Å². The largest absolute Gasteiger partial charge is 0.487 e. The summed E-state index contributed by atoms with van der Waals surface area (Å²) in [7, 11) is 0. The van der Waals surface area contributed by atoms with Crippen LogP contribution in [0, 0.1) is 6.92 Å². The molecular weight excluding hydrogens is 480 g/mol. The highest BCUT2D eigenvalue weighted by molar-refractivity contribution is 6.38. The Balaban J connectivity index is 0.00000171. The Morgan fingerprint density at radius 3 is 2.58 bits per heavy atom. The van der Waals surface area contributed by atoms with Crippen LogP contribution in [0.5, 0.6) is 5.75 Å². The van der Waals surface area contributed by atoms with Gasteiger partial charge in [0.05, 0.1) is 10.6 Å². The van der Waals surface area contributed by atoms with Crippen molar-refractivity contribution in [1.29, 1.82) is 0 Å². The van der Waals surface area contributed by atoms with Crippen molar-refractivity contribution in [3.63, 3.8) is 0 Å². The molecule has 0 bridgehead atoms. The number of rotatable bonds is 4. The molecule has 2 heterocycles. The molecule has 0 saturated carbocycles. The highest BCUT2D eigenvalue weighted by Crippen LogP contribution is 2.32. The molecule has 0 aliphatic carbocycles. The second-order valence-electron chi connectivity index (χ2n) is 7.00. The molecule has 1 aliphatic rings. The molecule has 31 heavy (non-hydrogen) atoms. The summed E-state index contributed by atoms with van der Waals surface area (Å²) in [6, 6.07) is 13.1. The smallest absolute Gasteiger partial charge is 0.255 e. The molecule has 0 atom stereocenters. The van der Waals surface area contributed by atoms with Gasteiger partial charge in [-0.1, -0.05) is 41.4 Å². The van der Waals surface area contributed by atoms with Gasteiger partial charge < -0.3 is 15.0 Å². The average molecular weight is 503 g/mol. The molecule has 1 N–H and O–H groups in total. The minimum Gasteiger partial charge on any atom is -0.487 e. The lowest BCUT2D eigenvalue weighted by molar-refractivity contribution is 0.0736. The van der Waals surface area contributed by atoms with Crippen molar-refractivity contribution in [3.05, 3.63) is 69.3 Å². The molecule has 9 heteroatoms. The molecule has 3 aromatic rings. The number of carbonyl (C=O) groups is 1. The number of aryl methyl sites for hydroxylation is 1. The number of amides is 1. The lowest BCUT2D eigenvalue weighted by Crippen LogP contribution is -2.46. The molecule has 1 amide bonds. The maximum Gasteiger partial charge on any atom is 0.255 e. The molecule has 0 spiro atoms. The van der Waals surface area contributed by atoms with Crippen molar-refractivity contribution in [3.8, 4) is 5.75 Å². The first kappa shape index (κ1) is 25.5. The van der Waals surface area contributed by atoms with Crippen molar-refractivity contribution in [1.82, 2.24) is 15.2 Å². The van der Waals surface area contributed by atoms with Crippen LogP contribution in [0.25, 0.3) is 10.9 Å². The van der Waals surface area contributed by atoms with Gasteiger partial charge in [0.1, 0.15) is 17.9 Å². The SMILES string of the molecule is Cc1ccc2cccc(OCc3c(Cl)ccc(C(=O)N4CCNCC4)c3Cl)c2n1.Cl.Cl. The number of para-hydroxylation sites is 1. The van der Waals surface area contributed by atoms with Gasteiger partial charge >= 0.3 is 0 Å². The van der Waals surface area contributed by atoms with Gasteiger partial charge in [-0.3, -0.25) is 4.79 Å². The molecule has 0 radical (unpaired) electrons. The number of hydrogen-bond acceptors (Lipinski definition) is 4. The number of benzene rings is 2. The van der Waals surface area contributed by atoms with E-state index in [4.69, 9.17) is 27.9 Å². The highest BCUT2D eigenvalue weighted by atomic mass is 35.5. The van der Waals surface area contributed by atoms with Crippen LogP contribution in [0.4, 0.5) is 0 Å². The number of nitrogens with one attached hydrogen (secondary N) is 1. The number of piperazine rings is 1. The standard InChI is InChI=1S/C22H21Cl2N3O2.2ClH/c1-14-5-6-15-3-2-4-19(21(15)26-14)29-13-17-18(23)8-7-16(20(17)24)22(28)27-11-9-25-10-12-27;;/h2-8,25H,9-13H2,1H3;2*1H. The maximum atomic E-state index is 12.9. The molecule has 166 valence electrons. The van der Waals surface area contributed by atoms with E-state index in [1.165, 1.54) is 0 Å². The lowest BCUT2D eigenvalue weighted by Gasteiger charge is -2.28. The van der Waals surface area contributed by atoms with Crippen molar-refractivity contribution in [2.24, 2.45) is 0 Å². The minimum atomic E-state index is -0.0862. The first-order valence-electron chi connectivity index (χ1n) is 9.50. The number of pyridine rings is 1. The fourth-order valence-electron chi connectivity index (χ4n) is 3.42. The zero-order chi connectivity index (χ0) is 20.4. The van der Waals surface area contributed by atoms with Gasteiger partial charge in [-0.25, -0.2) is 4.98 Å². The number of fused-ring (bicyclic) bond motifs is 1. The predicted molar refractivity (Wildman–Crippen MR) is 131 cm³/mol. The summed E-state index contributed by atoms with van der Waals surface area (Å²) in [6.07, 6.45) is 0. The fourth-order valence-corrected chi connectivity index (χ4v) is 3.98. The summed E-state index contributed by atoms with van der Waals surface area (Å²) in [6.45, 7) is 4.96. The van der Waals surface area contributed by atoms with Gasteiger partial charge in [0.25, 0.3) is 5.91 Å². The number of halogens is 4. The molecule has 5 nitrogen and oxygen atoms in total. The first-order chi connectivity index (χ1) is 14.0. The third kappa shape index (κ3) is 5.54. The van der Waals surface area contributed by atoms with Gasteiger partial charge in [0, 0.05) is 47.8 Å². The van der Waals surface area contributed by atoms with E-state index in [1.54, 1.807) is 17.0 Å². The zero-order valence-electron chi connectivity index (χ0n) is 16.9. The molecule has 0 unspecified atom stereocenters. The van der Waals surface area contributed by atoms with E-state index < -0.39 is 0 Å². The Kier molecular flexibility index (Phi) is 9.22. The Hall–Kier alpha value is -1.76. The van der Waals surface area contributed by atoms with E-state index in [0.717, 1.165) is 29.7 Å². The Bertz CT molecular complexity index is 1070. The zero-order valence-corrected chi connectivity index (χ0v) is 20.0. The maximum absolute atomic E-state index is 12.9. The van der Waals surface area contributed by atoms with Crippen LogP contribution >= 0.6 is 48.0 Å². The topological polar surface area (TPSA) is 54.5 Å². The molecule has 4 rings (SSSR count). The number of aromatic nitrogens is 1. The molecule has 1 saturated heterocycles. The van der Waals surface area contributed by atoms with Gasteiger partial charge in [0.2, 0.25) is 0 Å². The second-order valence-corrected chi connectivity index (χ2v) is 7.78. The van der Waals surface area contributed by atoms with E-state index in [1.807, 2.05) is 37.3 Å². The summed E-state index contributed by atoms with van der Waals surface area (Å²) >= 11 is 13.0. The Morgan fingerprint density at radius 2 is 1.84 bits per heavy atom. The van der Waals surface area contributed by atoms with E-state index in [2.05, 4.69) is 10.3 Å². The number of hydrogen-bond donors (Lipinski definition) is 1. The molecule has 2 aromatic carbocycles. The number of carbonyl (C=O) groups excluding carboxylic acids is 1. The third-order valence-electron chi connectivity index (χ3n) is 5.02. The van der Waals surface area contributed by atoms with Gasteiger partial charge in [-0.05, 0) is 31.2 Å². The quantitative estimate of drug-likeness (QED) is 0.524. The molecule has 1 aromatic heterocycles.